The van der Waals surface area contributed by atoms with E-state index in [1.807, 2.05) is 18.2 Å². The van der Waals surface area contributed by atoms with Crippen LogP contribution in [0.1, 0.15) is 37.6 Å². The van der Waals surface area contributed by atoms with E-state index in [9.17, 15) is 0 Å². The minimum atomic E-state index is -0.0319. The second-order valence-electron chi connectivity index (χ2n) is 8.65. The van der Waals surface area contributed by atoms with Gasteiger partial charge in [-0.05, 0) is 55.7 Å². The number of nitrogens with zero attached hydrogens (tertiary/aromatic N) is 2. The van der Waals surface area contributed by atoms with E-state index in [2.05, 4.69) is 59.3 Å². The van der Waals surface area contributed by atoms with E-state index in [4.69, 9.17) is 26.1 Å². The molecule has 1 N–H and O–H groups in total. The van der Waals surface area contributed by atoms with E-state index in [1.54, 1.807) is 7.11 Å². The standard InChI is InChI=1S/C27H35N3O3S/c1-4-21-9-5-6-11-23(21)28-27(34)30(14-8-13-29-15-17-32-18-16-29)20(2)25-19-22-10-7-12-24(31-3)26(22)33-25/h5-7,9-12,19-20H,4,8,13-18H2,1-3H3,(H,28,34). The van der Waals surface area contributed by atoms with E-state index in [-0.39, 0.29) is 6.04 Å². The first kappa shape index (κ1) is 24.5. The van der Waals surface area contributed by atoms with Crippen molar-refractivity contribution < 1.29 is 13.9 Å². The van der Waals surface area contributed by atoms with Crippen molar-refractivity contribution in [2.75, 3.05) is 51.8 Å². The Hall–Kier alpha value is -2.61. The lowest BCUT2D eigenvalue weighted by molar-refractivity contribution is 0.0365. The number of benzene rings is 2. The third-order valence-electron chi connectivity index (χ3n) is 6.50. The molecule has 1 fully saturated rings. The van der Waals surface area contributed by atoms with Gasteiger partial charge >= 0.3 is 0 Å². The number of para-hydroxylation sites is 2. The topological polar surface area (TPSA) is 50.1 Å². The Morgan fingerprint density at radius 3 is 2.74 bits per heavy atom. The largest absolute Gasteiger partial charge is 0.493 e. The second kappa shape index (κ2) is 11.7. The first-order valence-corrected chi connectivity index (χ1v) is 12.5. The Morgan fingerprint density at radius 2 is 1.97 bits per heavy atom. The number of hydrogen-bond acceptors (Lipinski definition) is 5. The maximum absolute atomic E-state index is 6.29. The van der Waals surface area contributed by atoms with Gasteiger partial charge < -0.3 is 24.1 Å². The molecule has 1 atom stereocenters. The van der Waals surface area contributed by atoms with Crippen LogP contribution in [0.25, 0.3) is 11.0 Å². The average Bonchev–Trinajstić information content (AvgIpc) is 3.32. The molecule has 1 unspecified atom stereocenters. The Balaban J connectivity index is 1.54. The van der Waals surface area contributed by atoms with E-state index in [1.165, 1.54) is 5.56 Å². The minimum absolute atomic E-state index is 0.0319. The second-order valence-corrected chi connectivity index (χ2v) is 9.03. The van der Waals surface area contributed by atoms with E-state index >= 15 is 0 Å². The van der Waals surface area contributed by atoms with Crippen LogP contribution in [-0.2, 0) is 11.2 Å². The summed E-state index contributed by atoms with van der Waals surface area (Å²) in [4.78, 5) is 4.70. The number of fused-ring (bicyclic) bond motifs is 1. The van der Waals surface area contributed by atoms with Crippen LogP contribution in [0.5, 0.6) is 5.75 Å². The van der Waals surface area contributed by atoms with Crippen LogP contribution in [-0.4, -0.2) is 61.4 Å². The predicted octanol–water partition coefficient (Wildman–Crippen LogP) is 5.49. The molecule has 182 valence electrons. The highest BCUT2D eigenvalue weighted by Crippen LogP contribution is 2.33. The fourth-order valence-electron chi connectivity index (χ4n) is 4.47. The molecule has 0 saturated carbocycles. The fourth-order valence-corrected chi connectivity index (χ4v) is 4.83. The summed E-state index contributed by atoms with van der Waals surface area (Å²) in [5, 5.41) is 5.26. The van der Waals surface area contributed by atoms with Gasteiger partial charge in [0.1, 0.15) is 5.76 Å². The van der Waals surface area contributed by atoms with Crippen LogP contribution in [0.3, 0.4) is 0 Å². The number of nitrogens with one attached hydrogen (secondary N) is 1. The van der Waals surface area contributed by atoms with E-state index in [0.29, 0.717) is 5.11 Å². The molecule has 1 aromatic heterocycles. The molecule has 1 aliphatic heterocycles. The average molecular weight is 482 g/mol. The van der Waals surface area contributed by atoms with Crippen LogP contribution in [0, 0.1) is 0 Å². The van der Waals surface area contributed by atoms with Crippen LogP contribution in [0.4, 0.5) is 5.69 Å². The molecule has 2 aromatic carbocycles. The SMILES string of the molecule is CCc1ccccc1NC(=S)N(CCCN1CCOCC1)C(C)c1cc2cccc(OC)c2o1. The van der Waals surface area contributed by atoms with Gasteiger partial charge in [-0.2, -0.15) is 0 Å². The molecule has 0 bridgehead atoms. The minimum Gasteiger partial charge on any atom is -0.493 e. The summed E-state index contributed by atoms with van der Waals surface area (Å²) >= 11 is 5.96. The van der Waals surface area contributed by atoms with Gasteiger partial charge in [-0.1, -0.05) is 37.3 Å². The maximum Gasteiger partial charge on any atom is 0.176 e. The zero-order chi connectivity index (χ0) is 23.9. The lowest BCUT2D eigenvalue weighted by Crippen LogP contribution is -2.41. The summed E-state index contributed by atoms with van der Waals surface area (Å²) in [6, 6.07) is 16.4. The number of methoxy groups -OCH3 is 1. The molecule has 2 heterocycles. The number of furan rings is 1. The van der Waals surface area contributed by atoms with Gasteiger partial charge in [0.25, 0.3) is 0 Å². The molecule has 34 heavy (non-hydrogen) atoms. The van der Waals surface area contributed by atoms with Crippen molar-refractivity contribution >= 4 is 34.0 Å². The summed E-state index contributed by atoms with van der Waals surface area (Å²) in [5.74, 6) is 1.62. The van der Waals surface area contributed by atoms with Crippen molar-refractivity contribution in [3.8, 4) is 5.75 Å². The summed E-state index contributed by atoms with van der Waals surface area (Å²) in [6.07, 6.45) is 1.95. The van der Waals surface area contributed by atoms with Gasteiger partial charge in [0.2, 0.25) is 0 Å². The van der Waals surface area contributed by atoms with Crippen molar-refractivity contribution in [3.05, 3.63) is 59.9 Å². The zero-order valence-electron chi connectivity index (χ0n) is 20.4. The number of thiocarbonyl (C=S) groups is 1. The van der Waals surface area contributed by atoms with Gasteiger partial charge in [-0.3, -0.25) is 4.90 Å². The van der Waals surface area contributed by atoms with Gasteiger partial charge in [0.15, 0.2) is 16.4 Å². The monoisotopic (exact) mass is 481 g/mol. The van der Waals surface area contributed by atoms with Gasteiger partial charge in [-0.25, -0.2) is 0 Å². The summed E-state index contributed by atoms with van der Waals surface area (Å²) < 4.78 is 17.3. The number of anilines is 1. The highest BCUT2D eigenvalue weighted by molar-refractivity contribution is 7.80. The molecule has 0 amide bonds. The Kier molecular flexibility index (Phi) is 8.43. The molecule has 1 saturated heterocycles. The van der Waals surface area contributed by atoms with Gasteiger partial charge in [0, 0.05) is 37.3 Å². The molecule has 4 rings (SSSR count). The lowest BCUT2D eigenvalue weighted by atomic mass is 10.1. The Morgan fingerprint density at radius 1 is 1.18 bits per heavy atom. The van der Waals surface area contributed by atoms with E-state index < -0.39 is 0 Å². The van der Waals surface area contributed by atoms with Crippen molar-refractivity contribution in [2.45, 2.75) is 32.7 Å². The first-order chi connectivity index (χ1) is 16.6. The van der Waals surface area contributed by atoms with Crippen LogP contribution in [0.2, 0.25) is 0 Å². The number of aryl methyl sites for hydroxylation is 1. The molecule has 1 aliphatic rings. The quantitative estimate of drug-likeness (QED) is 0.406. The van der Waals surface area contributed by atoms with Crippen LogP contribution in [0.15, 0.2) is 52.9 Å². The third kappa shape index (κ3) is 5.71. The predicted molar refractivity (Wildman–Crippen MR) is 142 cm³/mol. The van der Waals surface area contributed by atoms with Crippen molar-refractivity contribution in [2.24, 2.45) is 0 Å². The van der Waals surface area contributed by atoms with Gasteiger partial charge in [-0.15, -0.1) is 0 Å². The zero-order valence-corrected chi connectivity index (χ0v) is 21.2. The number of rotatable bonds is 9. The summed E-state index contributed by atoms with van der Waals surface area (Å²) in [5.41, 5.74) is 3.08. The van der Waals surface area contributed by atoms with Crippen LogP contribution >= 0.6 is 12.2 Å². The van der Waals surface area contributed by atoms with Crippen molar-refractivity contribution in [1.82, 2.24) is 9.80 Å². The Labute approximate surface area is 207 Å². The molecule has 0 aliphatic carbocycles. The lowest BCUT2D eigenvalue weighted by Gasteiger charge is -2.33. The maximum atomic E-state index is 6.29. The van der Waals surface area contributed by atoms with E-state index in [0.717, 1.165) is 80.4 Å². The molecule has 0 spiro atoms. The first-order valence-electron chi connectivity index (χ1n) is 12.1. The molecular weight excluding hydrogens is 446 g/mol. The molecule has 6 nitrogen and oxygen atoms in total. The van der Waals surface area contributed by atoms with Crippen molar-refractivity contribution in [3.63, 3.8) is 0 Å². The third-order valence-corrected chi connectivity index (χ3v) is 6.84. The van der Waals surface area contributed by atoms with Gasteiger partial charge in [0.05, 0.1) is 26.4 Å². The van der Waals surface area contributed by atoms with Crippen molar-refractivity contribution in [1.29, 1.82) is 0 Å². The normalized spacial score (nSPS) is 15.3. The number of hydrogen-bond donors (Lipinski definition) is 1. The molecule has 3 aromatic rings. The molecular formula is C27H35N3O3S. The van der Waals surface area contributed by atoms with Crippen LogP contribution < -0.4 is 10.1 Å². The molecule has 7 heteroatoms. The summed E-state index contributed by atoms with van der Waals surface area (Å²) in [6.45, 7) is 9.77. The number of ether oxygens (including phenoxy) is 2. The highest BCUT2D eigenvalue weighted by Gasteiger charge is 2.24. The molecule has 0 radical (unpaired) electrons. The smallest absolute Gasteiger partial charge is 0.176 e. The fraction of sp³-hybridized carbons (Fsp3) is 0.444. The number of morpholine rings is 1. The highest BCUT2D eigenvalue weighted by atomic mass is 32.1. The summed E-state index contributed by atoms with van der Waals surface area (Å²) in [7, 11) is 1.67. The Bertz CT molecular complexity index is 1090.